The number of carboxylic acids is 1. The summed E-state index contributed by atoms with van der Waals surface area (Å²) < 4.78 is 0. The molecule has 0 radical (unpaired) electrons. The summed E-state index contributed by atoms with van der Waals surface area (Å²) in [7, 11) is 0. The van der Waals surface area contributed by atoms with E-state index < -0.39 is 5.97 Å². The minimum atomic E-state index is -0.921. The summed E-state index contributed by atoms with van der Waals surface area (Å²) >= 11 is 0. The Kier molecular flexibility index (Phi) is 5.67. The second-order valence-electron chi connectivity index (χ2n) is 8.32. The molecule has 2 aromatic carbocycles. The maximum absolute atomic E-state index is 12.9. The monoisotopic (exact) mass is 392 g/mol. The van der Waals surface area contributed by atoms with E-state index in [9.17, 15) is 9.59 Å². The number of amides is 1. The third kappa shape index (κ3) is 4.35. The first-order valence-electron chi connectivity index (χ1n) is 10.4. The molecular weight excluding hydrogens is 364 g/mol. The van der Waals surface area contributed by atoms with Gasteiger partial charge in [0, 0.05) is 31.6 Å². The highest BCUT2D eigenvalue weighted by Gasteiger charge is 2.44. The van der Waals surface area contributed by atoms with Gasteiger partial charge in [0.15, 0.2) is 0 Å². The van der Waals surface area contributed by atoms with Gasteiger partial charge >= 0.3 is 5.97 Å². The minimum Gasteiger partial charge on any atom is -0.481 e. The van der Waals surface area contributed by atoms with Crippen molar-refractivity contribution in [3.8, 4) is 0 Å². The molecule has 29 heavy (non-hydrogen) atoms. The first kappa shape index (κ1) is 19.6. The molecule has 0 aromatic heterocycles. The van der Waals surface area contributed by atoms with E-state index in [0.29, 0.717) is 13.1 Å². The van der Waals surface area contributed by atoms with Crippen LogP contribution in [-0.4, -0.2) is 45.4 Å². The molecule has 152 valence electrons. The number of carbonyl (C=O) groups is 2. The van der Waals surface area contributed by atoms with Crippen LogP contribution in [0.3, 0.4) is 0 Å². The maximum Gasteiger partial charge on any atom is 0.303 e. The summed E-state index contributed by atoms with van der Waals surface area (Å²) in [5, 5.41) is 9.01. The number of likely N-dealkylation sites (tertiary alicyclic amines) is 1. The molecule has 1 fully saturated rings. The topological polar surface area (TPSA) is 60.9 Å². The fraction of sp³-hybridized carbons (Fsp3) is 0.417. The molecule has 1 N–H and O–H groups in total. The predicted octanol–water partition coefficient (Wildman–Crippen LogP) is 3.47. The van der Waals surface area contributed by atoms with Crippen molar-refractivity contribution in [2.24, 2.45) is 0 Å². The zero-order valence-corrected chi connectivity index (χ0v) is 16.7. The number of fused-ring (bicyclic) bond motifs is 1. The standard InChI is InChI=1S/C24H28N2O3/c27-22(11-12-23(28)29)25-17-21-10-5-4-9-20(21)15-24(18-25)13-6-14-26(24)16-19-7-2-1-3-8-19/h1-5,7-10H,6,11-18H2,(H,28,29). The number of carboxylic acid groups (broad SMARTS) is 1. The summed E-state index contributed by atoms with van der Waals surface area (Å²) in [5.74, 6) is -0.982. The SMILES string of the molecule is O=C(O)CCC(=O)N1Cc2ccccc2CC2(CCCN2Cc2ccccc2)C1. The molecule has 1 amide bonds. The molecule has 2 aromatic rings. The number of benzene rings is 2. The molecule has 1 unspecified atom stereocenters. The molecule has 1 saturated heterocycles. The molecule has 5 heteroatoms. The third-order valence-electron chi connectivity index (χ3n) is 6.35. The van der Waals surface area contributed by atoms with E-state index in [1.165, 1.54) is 16.7 Å². The van der Waals surface area contributed by atoms with Gasteiger partial charge in [-0.05, 0) is 42.5 Å². The average Bonchev–Trinajstić information content (AvgIpc) is 2.99. The van der Waals surface area contributed by atoms with Crippen LogP contribution in [0.25, 0.3) is 0 Å². The lowest BCUT2D eigenvalue weighted by atomic mass is 9.87. The third-order valence-corrected chi connectivity index (χ3v) is 6.35. The summed E-state index contributed by atoms with van der Waals surface area (Å²) in [4.78, 5) is 28.3. The number of rotatable bonds is 5. The molecule has 5 nitrogen and oxygen atoms in total. The molecule has 2 aliphatic heterocycles. The van der Waals surface area contributed by atoms with Crippen LogP contribution in [-0.2, 0) is 29.1 Å². The highest BCUT2D eigenvalue weighted by molar-refractivity contribution is 5.81. The average molecular weight is 392 g/mol. The normalized spacial score (nSPS) is 21.7. The van der Waals surface area contributed by atoms with E-state index in [4.69, 9.17) is 5.11 Å². The lowest BCUT2D eigenvalue weighted by Crippen LogP contribution is -2.53. The Hall–Kier alpha value is -2.66. The second-order valence-corrected chi connectivity index (χ2v) is 8.32. The summed E-state index contributed by atoms with van der Waals surface area (Å²) in [6, 6.07) is 18.9. The van der Waals surface area contributed by atoms with Gasteiger partial charge in [-0.2, -0.15) is 0 Å². The Morgan fingerprint density at radius 3 is 2.45 bits per heavy atom. The van der Waals surface area contributed by atoms with Gasteiger partial charge in [-0.3, -0.25) is 14.5 Å². The van der Waals surface area contributed by atoms with Crippen molar-refractivity contribution < 1.29 is 14.7 Å². The molecule has 1 spiro atoms. The van der Waals surface area contributed by atoms with Crippen LogP contribution in [0.5, 0.6) is 0 Å². The highest BCUT2D eigenvalue weighted by atomic mass is 16.4. The predicted molar refractivity (Wildman–Crippen MR) is 111 cm³/mol. The highest BCUT2D eigenvalue weighted by Crippen LogP contribution is 2.38. The second kappa shape index (κ2) is 8.37. The quantitative estimate of drug-likeness (QED) is 0.846. The largest absolute Gasteiger partial charge is 0.481 e. The Bertz CT molecular complexity index is 883. The Labute approximate surface area is 171 Å². The first-order chi connectivity index (χ1) is 14.1. The number of hydrogen-bond acceptors (Lipinski definition) is 3. The van der Waals surface area contributed by atoms with E-state index in [0.717, 1.165) is 32.4 Å². The minimum absolute atomic E-state index is 0.0601. The van der Waals surface area contributed by atoms with Crippen LogP contribution in [0.15, 0.2) is 54.6 Å². The van der Waals surface area contributed by atoms with E-state index >= 15 is 0 Å². The molecule has 0 bridgehead atoms. The van der Waals surface area contributed by atoms with Crippen molar-refractivity contribution in [2.45, 2.75) is 50.7 Å². The smallest absolute Gasteiger partial charge is 0.303 e. The van der Waals surface area contributed by atoms with Crippen LogP contribution in [0, 0.1) is 0 Å². The van der Waals surface area contributed by atoms with Crippen LogP contribution >= 0.6 is 0 Å². The van der Waals surface area contributed by atoms with Gasteiger partial charge in [0.05, 0.1) is 6.42 Å². The molecule has 0 saturated carbocycles. The van der Waals surface area contributed by atoms with Crippen LogP contribution in [0.4, 0.5) is 0 Å². The van der Waals surface area contributed by atoms with Gasteiger partial charge in [-0.15, -0.1) is 0 Å². The molecule has 1 atom stereocenters. The van der Waals surface area contributed by atoms with Gasteiger partial charge in [-0.1, -0.05) is 54.6 Å². The lowest BCUT2D eigenvalue weighted by Gasteiger charge is -2.41. The van der Waals surface area contributed by atoms with E-state index in [2.05, 4.69) is 47.4 Å². The Morgan fingerprint density at radius 2 is 1.69 bits per heavy atom. The van der Waals surface area contributed by atoms with Crippen molar-refractivity contribution in [1.29, 1.82) is 0 Å². The number of nitrogens with zero attached hydrogens (tertiary/aromatic N) is 2. The van der Waals surface area contributed by atoms with Crippen molar-refractivity contribution >= 4 is 11.9 Å². The van der Waals surface area contributed by atoms with Gasteiger partial charge in [-0.25, -0.2) is 0 Å². The van der Waals surface area contributed by atoms with Crippen LogP contribution < -0.4 is 0 Å². The van der Waals surface area contributed by atoms with Crippen molar-refractivity contribution in [2.75, 3.05) is 13.1 Å². The summed E-state index contributed by atoms with van der Waals surface area (Å²) in [6.07, 6.45) is 3.05. The van der Waals surface area contributed by atoms with Gasteiger partial charge in [0.1, 0.15) is 0 Å². The van der Waals surface area contributed by atoms with Crippen LogP contribution in [0.1, 0.15) is 42.4 Å². The lowest BCUT2D eigenvalue weighted by molar-refractivity contribution is -0.141. The van der Waals surface area contributed by atoms with Gasteiger partial charge in [0.2, 0.25) is 5.91 Å². The van der Waals surface area contributed by atoms with Gasteiger partial charge in [0.25, 0.3) is 0 Å². The van der Waals surface area contributed by atoms with Crippen molar-refractivity contribution in [3.05, 3.63) is 71.3 Å². The van der Waals surface area contributed by atoms with E-state index in [1.807, 2.05) is 17.0 Å². The zero-order chi connectivity index (χ0) is 20.3. The molecule has 0 aliphatic carbocycles. The molecule has 4 rings (SSSR count). The zero-order valence-electron chi connectivity index (χ0n) is 16.7. The van der Waals surface area contributed by atoms with E-state index in [1.54, 1.807) is 0 Å². The fourth-order valence-corrected chi connectivity index (χ4v) is 4.88. The number of aliphatic carboxylic acids is 1. The van der Waals surface area contributed by atoms with Crippen molar-refractivity contribution in [1.82, 2.24) is 9.80 Å². The summed E-state index contributed by atoms with van der Waals surface area (Å²) in [6.45, 7) is 3.12. The number of hydrogen-bond donors (Lipinski definition) is 1. The molecule has 2 heterocycles. The number of carbonyl (C=O) groups excluding carboxylic acids is 1. The van der Waals surface area contributed by atoms with Gasteiger partial charge < -0.3 is 10.0 Å². The summed E-state index contributed by atoms with van der Waals surface area (Å²) in [5.41, 5.74) is 3.68. The first-order valence-corrected chi connectivity index (χ1v) is 10.4. The molecular formula is C24H28N2O3. The maximum atomic E-state index is 12.9. The Balaban J connectivity index is 1.63. The van der Waals surface area contributed by atoms with Crippen molar-refractivity contribution in [3.63, 3.8) is 0 Å². The van der Waals surface area contributed by atoms with Crippen LogP contribution in [0.2, 0.25) is 0 Å². The van der Waals surface area contributed by atoms with E-state index in [-0.39, 0.29) is 24.3 Å². The molecule has 2 aliphatic rings. The Morgan fingerprint density at radius 1 is 0.966 bits per heavy atom. The fourth-order valence-electron chi connectivity index (χ4n) is 4.88.